The summed E-state index contributed by atoms with van der Waals surface area (Å²) in [5.41, 5.74) is -1.30. The zero-order valence-electron chi connectivity index (χ0n) is 9.42. The van der Waals surface area contributed by atoms with Crippen LogP contribution in [0.4, 0.5) is 0 Å². The molecule has 0 radical (unpaired) electrons. The van der Waals surface area contributed by atoms with Crippen molar-refractivity contribution >= 4 is 23.5 Å². The molecule has 90 valence electrons. The summed E-state index contributed by atoms with van der Waals surface area (Å²) in [6.07, 6.45) is 0.0559. The zero-order valence-corrected chi connectivity index (χ0v) is 10.2. The van der Waals surface area contributed by atoms with Gasteiger partial charge in [0.15, 0.2) is 5.41 Å². The van der Waals surface area contributed by atoms with Crippen LogP contribution in [0.2, 0.25) is 0 Å². The quantitative estimate of drug-likeness (QED) is 0.563. The number of ether oxygens (including phenoxy) is 2. The van der Waals surface area contributed by atoms with Crippen molar-refractivity contribution in [2.45, 2.75) is 32.8 Å². The average Bonchev–Trinajstić information content (AvgIpc) is 2.42. The van der Waals surface area contributed by atoms with Crippen molar-refractivity contribution < 1.29 is 19.1 Å². The van der Waals surface area contributed by atoms with E-state index in [0.717, 1.165) is 0 Å². The minimum absolute atomic E-state index is 0.0660. The molecule has 1 saturated heterocycles. The third-order valence-electron chi connectivity index (χ3n) is 2.49. The monoisotopic (exact) mass is 246 g/mol. The summed E-state index contributed by atoms with van der Waals surface area (Å²) in [5, 5.41) is 0.249. The normalized spacial score (nSPS) is 28.7. The van der Waals surface area contributed by atoms with Gasteiger partial charge in [0.05, 0.1) is 6.61 Å². The molecule has 0 N–H and O–H groups in total. The van der Waals surface area contributed by atoms with E-state index in [2.05, 4.69) is 6.58 Å². The molecule has 1 fully saturated rings. The van der Waals surface area contributed by atoms with E-state index in [9.17, 15) is 9.59 Å². The second-order valence-electron chi connectivity index (χ2n) is 3.92. The van der Waals surface area contributed by atoms with Gasteiger partial charge in [-0.25, -0.2) is 0 Å². The molecule has 2 unspecified atom stereocenters. The minimum Gasteiger partial charge on any atom is -0.465 e. The smallest absolute Gasteiger partial charge is 0.324 e. The van der Waals surface area contributed by atoms with Gasteiger partial charge in [-0.1, -0.05) is 18.2 Å². The molecule has 1 heterocycles. The Kier molecular flexibility index (Phi) is 3.97. The predicted molar refractivity (Wildman–Crippen MR) is 58.8 cm³/mol. The molecule has 0 amide bonds. The van der Waals surface area contributed by atoms with Gasteiger partial charge < -0.3 is 9.47 Å². The van der Waals surface area contributed by atoms with Crippen LogP contribution in [0.3, 0.4) is 0 Å². The highest BCUT2D eigenvalue weighted by Gasteiger charge is 2.55. The molecule has 4 nitrogen and oxygen atoms in total. The Morgan fingerprint density at radius 2 is 2.38 bits per heavy atom. The fraction of sp³-hybridized carbons (Fsp3) is 0.636. The highest BCUT2D eigenvalue weighted by Crippen LogP contribution is 2.41. The maximum Gasteiger partial charge on any atom is 0.324 e. The lowest BCUT2D eigenvalue weighted by atomic mass is 9.81. The molecular formula is C11H15ClO4. The number of cyclic esters (lactones) is 1. The molecule has 0 spiro atoms. The van der Waals surface area contributed by atoms with Crippen LogP contribution in [-0.2, 0) is 19.1 Å². The van der Waals surface area contributed by atoms with E-state index >= 15 is 0 Å². The number of rotatable bonds is 4. The molecular weight excluding hydrogens is 232 g/mol. The third-order valence-corrected chi connectivity index (χ3v) is 2.63. The van der Waals surface area contributed by atoms with Crippen molar-refractivity contribution in [3.8, 4) is 0 Å². The lowest BCUT2D eigenvalue weighted by Gasteiger charge is -2.21. The number of hydrogen-bond donors (Lipinski definition) is 0. The number of carbonyl (C=O) groups excluding carboxylic acids is 2. The fourth-order valence-corrected chi connectivity index (χ4v) is 2.12. The minimum atomic E-state index is -1.30. The Balaban J connectivity index is 2.97. The number of carbonyl (C=O) groups is 2. The molecule has 0 aliphatic carbocycles. The molecule has 5 heteroatoms. The van der Waals surface area contributed by atoms with E-state index in [1.807, 2.05) is 0 Å². The molecule has 0 aromatic carbocycles. The van der Waals surface area contributed by atoms with Crippen LogP contribution in [-0.4, -0.2) is 24.6 Å². The molecule has 0 aromatic heterocycles. The van der Waals surface area contributed by atoms with Crippen molar-refractivity contribution in [1.82, 2.24) is 0 Å². The van der Waals surface area contributed by atoms with E-state index in [1.54, 1.807) is 13.8 Å². The predicted octanol–water partition coefficient (Wildman–Crippen LogP) is 2.01. The first-order valence-electron chi connectivity index (χ1n) is 5.14. The Labute approximate surface area is 99.5 Å². The molecule has 0 saturated carbocycles. The van der Waals surface area contributed by atoms with Gasteiger partial charge in [-0.15, -0.1) is 0 Å². The van der Waals surface area contributed by atoms with E-state index < -0.39 is 17.4 Å². The summed E-state index contributed by atoms with van der Waals surface area (Å²) in [6, 6.07) is 0. The van der Waals surface area contributed by atoms with Gasteiger partial charge in [0.25, 0.3) is 0 Å². The van der Waals surface area contributed by atoms with E-state index in [1.165, 1.54) is 0 Å². The second kappa shape index (κ2) is 4.87. The first-order valence-corrected chi connectivity index (χ1v) is 5.51. The van der Waals surface area contributed by atoms with Crippen LogP contribution in [0.1, 0.15) is 26.7 Å². The van der Waals surface area contributed by atoms with Crippen molar-refractivity contribution in [1.29, 1.82) is 0 Å². The van der Waals surface area contributed by atoms with Crippen LogP contribution >= 0.6 is 11.6 Å². The number of hydrogen-bond acceptors (Lipinski definition) is 4. The maximum atomic E-state index is 11.8. The summed E-state index contributed by atoms with van der Waals surface area (Å²) in [5.74, 6) is -1.15. The van der Waals surface area contributed by atoms with Crippen molar-refractivity contribution in [2.75, 3.05) is 6.61 Å². The summed E-state index contributed by atoms with van der Waals surface area (Å²) in [4.78, 5) is 23.6. The standard InChI is InChI=1S/C11H15ClO4/c1-4-15-9(13)11(5-7(2)12)6-8(3)16-10(11)14/h8H,2,4-6H2,1,3H3. The Bertz CT molecular complexity index is 326. The van der Waals surface area contributed by atoms with Crippen LogP contribution < -0.4 is 0 Å². The summed E-state index contributed by atoms with van der Waals surface area (Å²) < 4.78 is 9.92. The van der Waals surface area contributed by atoms with Gasteiger partial charge in [-0.3, -0.25) is 9.59 Å². The van der Waals surface area contributed by atoms with Crippen LogP contribution in [0.15, 0.2) is 11.6 Å². The van der Waals surface area contributed by atoms with Gasteiger partial charge in [-0.2, -0.15) is 0 Å². The van der Waals surface area contributed by atoms with Crippen molar-refractivity contribution in [2.24, 2.45) is 5.41 Å². The zero-order chi connectivity index (χ0) is 12.3. The first-order chi connectivity index (χ1) is 7.42. The molecule has 1 rings (SSSR count). The summed E-state index contributed by atoms with van der Waals surface area (Å²) in [6.45, 7) is 7.15. The third kappa shape index (κ3) is 2.38. The highest BCUT2D eigenvalue weighted by atomic mass is 35.5. The molecule has 0 bridgehead atoms. The van der Waals surface area contributed by atoms with Crippen LogP contribution in [0, 0.1) is 5.41 Å². The maximum absolute atomic E-state index is 11.8. The Hall–Kier alpha value is -1.03. The molecule has 2 atom stereocenters. The van der Waals surface area contributed by atoms with E-state index in [0.29, 0.717) is 0 Å². The lowest BCUT2D eigenvalue weighted by molar-refractivity contribution is -0.164. The van der Waals surface area contributed by atoms with E-state index in [4.69, 9.17) is 21.1 Å². The van der Waals surface area contributed by atoms with Gasteiger partial charge in [0.1, 0.15) is 6.10 Å². The Morgan fingerprint density at radius 3 is 2.75 bits per heavy atom. The lowest BCUT2D eigenvalue weighted by Crippen LogP contribution is -2.37. The molecule has 16 heavy (non-hydrogen) atoms. The van der Waals surface area contributed by atoms with Gasteiger partial charge in [-0.05, 0) is 13.8 Å². The Morgan fingerprint density at radius 1 is 1.75 bits per heavy atom. The van der Waals surface area contributed by atoms with Gasteiger partial charge in [0.2, 0.25) is 0 Å². The largest absolute Gasteiger partial charge is 0.465 e. The van der Waals surface area contributed by atoms with Crippen LogP contribution in [0.25, 0.3) is 0 Å². The first kappa shape index (κ1) is 13.0. The molecule has 0 aromatic rings. The molecule has 1 aliphatic heterocycles. The fourth-order valence-electron chi connectivity index (χ4n) is 1.89. The van der Waals surface area contributed by atoms with Crippen LogP contribution in [0.5, 0.6) is 0 Å². The SMILES string of the molecule is C=C(Cl)CC1(C(=O)OCC)CC(C)OC1=O. The van der Waals surface area contributed by atoms with Gasteiger partial charge >= 0.3 is 11.9 Å². The summed E-state index contributed by atoms with van der Waals surface area (Å²) >= 11 is 5.69. The van der Waals surface area contributed by atoms with Gasteiger partial charge in [0, 0.05) is 17.9 Å². The van der Waals surface area contributed by atoms with Crippen molar-refractivity contribution in [3.63, 3.8) is 0 Å². The highest BCUT2D eigenvalue weighted by molar-refractivity contribution is 6.29. The topological polar surface area (TPSA) is 52.6 Å². The average molecular weight is 247 g/mol. The van der Waals surface area contributed by atoms with E-state index in [-0.39, 0.29) is 30.6 Å². The molecule has 1 aliphatic rings. The number of allylic oxidation sites excluding steroid dienone is 1. The summed E-state index contributed by atoms with van der Waals surface area (Å²) in [7, 11) is 0. The second-order valence-corrected chi connectivity index (χ2v) is 4.45. The number of halogens is 1. The van der Waals surface area contributed by atoms with Crippen molar-refractivity contribution in [3.05, 3.63) is 11.6 Å². The number of esters is 2.